The van der Waals surface area contributed by atoms with Crippen molar-refractivity contribution in [1.82, 2.24) is 4.57 Å². The zero-order valence-corrected chi connectivity index (χ0v) is 18.8. The summed E-state index contributed by atoms with van der Waals surface area (Å²) in [5.74, 6) is -0.640. The number of amides is 2. The molecule has 6 nitrogen and oxygen atoms in total. The highest BCUT2D eigenvalue weighted by Gasteiger charge is 2.15. The molecular formula is C28H24N4O2. The van der Waals surface area contributed by atoms with Crippen molar-refractivity contribution in [1.29, 1.82) is 5.26 Å². The molecule has 0 saturated heterocycles. The monoisotopic (exact) mass is 448 g/mol. The topological polar surface area (TPSA) is 86.9 Å². The lowest BCUT2D eigenvalue weighted by Gasteiger charge is -2.08. The average Bonchev–Trinajstić information content (AvgIpc) is 3.20. The van der Waals surface area contributed by atoms with Gasteiger partial charge in [0.1, 0.15) is 18.2 Å². The molecule has 1 aromatic heterocycles. The van der Waals surface area contributed by atoms with Crippen LogP contribution >= 0.6 is 0 Å². The van der Waals surface area contributed by atoms with Gasteiger partial charge in [0.15, 0.2) is 0 Å². The number of carbonyl (C=O) groups excluding carboxylic acids is 2. The first kappa shape index (κ1) is 22.6. The van der Waals surface area contributed by atoms with Gasteiger partial charge in [-0.15, -0.1) is 0 Å². The van der Waals surface area contributed by atoms with Crippen LogP contribution in [0.2, 0.25) is 0 Å². The SMILES string of the molecule is CCc1ccccc1NC(=O)C(C#N)=Cc1cn(CC(=O)Nc2ccccc2)c2ccccc12. The number of carbonyl (C=O) groups is 2. The van der Waals surface area contributed by atoms with Gasteiger partial charge in [-0.3, -0.25) is 9.59 Å². The molecule has 4 aromatic rings. The summed E-state index contributed by atoms with van der Waals surface area (Å²) in [6.45, 7) is 2.11. The van der Waals surface area contributed by atoms with Crippen LogP contribution in [0.4, 0.5) is 11.4 Å². The maximum Gasteiger partial charge on any atom is 0.266 e. The van der Waals surface area contributed by atoms with E-state index in [4.69, 9.17) is 0 Å². The van der Waals surface area contributed by atoms with Crippen molar-refractivity contribution < 1.29 is 9.59 Å². The Labute approximate surface area is 198 Å². The fourth-order valence-electron chi connectivity index (χ4n) is 3.84. The van der Waals surface area contributed by atoms with Crippen LogP contribution in [-0.2, 0) is 22.6 Å². The van der Waals surface area contributed by atoms with Crippen molar-refractivity contribution in [2.45, 2.75) is 19.9 Å². The highest BCUT2D eigenvalue weighted by molar-refractivity contribution is 6.11. The van der Waals surface area contributed by atoms with Crippen LogP contribution in [0.15, 0.2) is 90.6 Å². The van der Waals surface area contributed by atoms with Gasteiger partial charge in [-0.2, -0.15) is 5.26 Å². The summed E-state index contributed by atoms with van der Waals surface area (Å²) < 4.78 is 1.82. The van der Waals surface area contributed by atoms with Gasteiger partial charge in [0.25, 0.3) is 5.91 Å². The molecule has 3 aromatic carbocycles. The molecule has 0 aliphatic heterocycles. The first-order valence-corrected chi connectivity index (χ1v) is 11.0. The summed E-state index contributed by atoms with van der Waals surface area (Å²) in [6, 6.07) is 26.4. The Morgan fingerprint density at radius 2 is 1.65 bits per heavy atom. The molecular weight excluding hydrogens is 424 g/mol. The number of rotatable bonds is 7. The van der Waals surface area contributed by atoms with Crippen LogP contribution in [0.25, 0.3) is 17.0 Å². The van der Waals surface area contributed by atoms with Crippen molar-refractivity contribution >= 4 is 40.2 Å². The Balaban J connectivity index is 1.61. The summed E-state index contributed by atoms with van der Waals surface area (Å²) in [4.78, 5) is 25.5. The van der Waals surface area contributed by atoms with Crippen LogP contribution in [0.3, 0.4) is 0 Å². The molecule has 0 fully saturated rings. The molecule has 4 rings (SSSR count). The minimum Gasteiger partial charge on any atom is -0.337 e. The van der Waals surface area contributed by atoms with E-state index >= 15 is 0 Å². The van der Waals surface area contributed by atoms with E-state index < -0.39 is 5.91 Å². The van der Waals surface area contributed by atoms with E-state index in [1.54, 1.807) is 12.3 Å². The molecule has 1 heterocycles. The summed E-state index contributed by atoms with van der Waals surface area (Å²) in [6.07, 6.45) is 4.12. The van der Waals surface area contributed by atoms with E-state index in [9.17, 15) is 14.9 Å². The zero-order chi connectivity index (χ0) is 23.9. The standard InChI is InChI=1S/C28H24N4O2/c1-2-20-10-6-8-14-25(20)31-28(34)21(17-29)16-22-18-32(26-15-9-7-13-24(22)26)19-27(33)30-23-11-4-3-5-12-23/h3-16,18H,2,19H2,1H3,(H,30,33)(H,31,34). The minimum absolute atomic E-state index is 0.0115. The van der Waals surface area contributed by atoms with Gasteiger partial charge in [0, 0.05) is 34.0 Å². The number of hydrogen-bond donors (Lipinski definition) is 2. The van der Waals surface area contributed by atoms with Gasteiger partial charge in [0.2, 0.25) is 5.91 Å². The molecule has 0 unspecified atom stereocenters. The molecule has 0 spiro atoms. The second-order valence-corrected chi connectivity index (χ2v) is 7.78. The fourth-order valence-corrected chi connectivity index (χ4v) is 3.84. The highest BCUT2D eigenvalue weighted by atomic mass is 16.2. The molecule has 0 aliphatic carbocycles. The van der Waals surface area contributed by atoms with Crippen LogP contribution in [0, 0.1) is 11.3 Å². The summed E-state index contributed by atoms with van der Waals surface area (Å²) in [5.41, 5.74) is 3.93. The Morgan fingerprint density at radius 3 is 2.41 bits per heavy atom. The molecule has 0 atom stereocenters. The largest absolute Gasteiger partial charge is 0.337 e. The lowest BCUT2D eigenvalue weighted by Crippen LogP contribution is -2.18. The normalized spacial score (nSPS) is 11.1. The Bertz CT molecular complexity index is 1410. The molecule has 0 bridgehead atoms. The quantitative estimate of drug-likeness (QED) is 0.294. The molecule has 168 valence electrons. The predicted molar refractivity (Wildman–Crippen MR) is 135 cm³/mol. The molecule has 34 heavy (non-hydrogen) atoms. The number of nitriles is 1. The van der Waals surface area contributed by atoms with Gasteiger partial charge in [-0.25, -0.2) is 0 Å². The maximum absolute atomic E-state index is 12.9. The highest BCUT2D eigenvalue weighted by Crippen LogP contribution is 2.24. The minimum atomic E-state index is -0.470. The third-order valence-electron chi connectivity index (χ3n) is 5.50. The van der Waals surface area contributed by atoms with E-state index in [0.29, 0.717) is 11.3 Å². The zero-order valence-electron chi connectivity index (χ0n) is 18.8. The van der Waals surface area contributed by atoms with Crippen LogP contribution < -0.4 is 10.6 Å². The van der Waals surface area contributed by atoms with Gasteiger partial charge >= 0.3 is 0 Å². The Hall–Kier alpha value is -4.63. The van der Waals surface area contributed by atoms with E-state index in [1.165, 1.54) is 0 Å². The number of aryl methyl sites for hydroxylation is 1. The summed E-state index contributed by atoms with van der Waals surface area (Å²) >= 11 is 0. The number of hydrogen-bond acceptors (Lipinski definition) is 3. The third kappa shape index (κ3) is 5.05. The lowest BCUT2D eigenvalue weighted by atomic mass is 10.1. The van der Waals surface area contributed by atoms with Gasteiger partial charge in [-0.1, -0.05) is 61.5 Å². The van der Waals surface area contributed by atoms with Gasteiger partial charge in [0.05, 0.1) is 0 Å². The Kier molecular flexibility index (Phi) is 6.85. The summed E-state index contributed by atoms with van der Waals surface area (Å²) in [5, 5.41) is 16.3. The molecule has 2 N–H and O–H groups in total. The van der Waals surface area contributed by atoms with E-state index in [-0.39, 0.29) is 18.0 Å². The van der Waals surface area contributed by atoms with Crippen molar-refractivity contribution in [2.75, 3.05) is 10.6 Å². The number of para-hydroxylation sites is 3. The second-order valence-electron chi connectivity index (χ2n) is 7.78. The van der Waals surface area contributed by atoms with Crippen molar-refractivity contribution in [3.8, 4) is 6.07 Å². The van der Waals surface area contributed by atoms with Crippen LogP contribution in [0.1, 0.15) is 18.1 Å². The third-order valence-corrected chi connectivity index (χ3v) is 5.50. The molecule has 0 aliphatic rings. The second kappa shape index (κ2) is 10.3. The van der Waals surface area contributed by atoms with Gasteiger partial charge < -0.3 is 15.2 Å². The van der Waals surface area contributed by atoms with Crippen molar-refractivity contribution in [2.24, 2.45) is 0 Å². The molecule has 0 saturated carbocycles. The van der Waals surface area contributed by atoms with Crippen molar-refractivity contribution in [3.63, 3.8) is 0 Å². The van der Waals surface area contributed by atoms with Crippen LogP contribution in [0.5, 0.6) is 0 Å². The van der Waals surface area contributed by atoms with Crippen LogP contribution in [-0.4, -0.2) is 16.4 Å². The maximum atomic E-state index is 12.9. The van der Waals surface area contributed by atoms with E-state index in [0.717, 1.165) is 28.6 Å². The fraction of sp³-hybridized carbons (Fsp3) is 0.107. The smallest absolute Gasteiger partial charge is 0.266 e. The number of aromatic nitrogens is 1. The first-order valence-electron chi connectivity index (χ1n) is 11.0. The lowest BCUT2D eigenvalue weighted by molar-refractivity contribution is -0.116. The molecule has 2 amide bonds. The van der Waals surface area contributed by atoms with E-state index in [2.05, 4.69) is 10.6 Å². The van der Waals surface area contributed by atoms with E-state index in [1.807, 2.05) is 96.4 Å². The first-order chi connectivity index (χ1) is 16.6. The molecule has 0 radical (unpaired) electrons. The van der Waals surface area contributed by atoms with Gasteiger partial charge in [-0.05, 0) is 42.3 Å². The molecule has 6 heteroatoms. The number of nitrogens with one attached hydrogen (secondary N) is 2. The number of benzene rings is 3. The average molecular weight is 449 g/mol. The van der Waals surface area contributed by atoms with Crippen molar-refractivity contribution in [3.05, 3.63) is 102 Å². The number of anilines is 2. The summed E-state index contributed by atoms with van der Waals surface area (Å²) in [7, 11) is 0. The number of fused-ring (bicyclic) bond motifs is 1. The number of nitrogens with zero attached hydrogens (tertiary/aromatic N) is 2. The Morgan fingerprint density at radius 1 is 0.941 bits per heavy atom. The predicted octanol–water partition coefficient (Wildman–Crippen LogP) is 5.39.